The highest BCUT2D eigenvalue weighted by atomic mass is 16.6. The predicted molar refractivity (Wildman–Crippen MR) is 58.3 cm³/mol. The van der Waals surface area contributed by atoms with Crippen LogP contribution in [0.5, 0.6) is 0 Å². The largest absolute Gasteiger partial charge is 0.481 e. The molecule has 1 N–H and O–H groups in total. The van der Waals surface area contributed by atoms with Crippen LogP contribution in [0.3, 0.4) is 0 Å². The maximum Gasteiger partial charge on any atom is 0.303 e. The number of nitrogens with zero attached hydrogens (tertiary/aromatic N) is 1. The highest BCUT2D eigenvalue weighted by molar-refractivity contribution is 5.66. The molecular weight excluding hydrogens is 210 g/mol. The van der Waals surface area contributed by atoms with Gasteiger partial charge >= 0.3 is 5.97 Å². The van der Waals surface area contributed by atoms with Gasteiger partial charge in [-0.2, -0.15) is 0 Å². The number of rotatable bonds is 6. The molecule has 0 aromatic heterocycles. The Hall–Kier alpha value is -1.91. The van der Waals surface area contributed by atoms with Crippen LogP contribution in [0.25, 0.3) is 0 Å². The van der Waals surface area contributed by atoms with Gasteiger partial charge < -0.3 is 5.11 Å². The molecule has 1 rings (SSSR count). The lowest BCUT2D eigenvalue weighted by Gasteiger charge is -2.01. The number of benzene rings is 1. The minimum Gasteiger partial charge on any atom is -0.481 e. The summed E-state index contributed by atoms with van der Waals surface area (Å²) in [5, 5.41) is 19.1. The van der Waals surface area contributed by atoms with E-state index in [0.717, 1.165) is 0 Å². The first-order chi connectivity index (χ1) is 7.61. The van der Waals surface area contributed by atoms with Gasteiger partial charge in [-0.25, -0.2) is 0 Å². The van der Waals surface area contributed by atoms with Crippen molar-refractivity contribution in [3.05, 3.63) is 39.9 Å². The summed E-state index contributed by atoms with van der Waals surface area (Å²) in [6, 6.07) is 6.55. The highest BCUT2D eigenvalue weighted by Crippen LogP contribution is 2.19. The zero-order chi connectivity index (χ0) is 12.0. The van der Waals surface area contributed by atoms with Gasteiger partial charge in [0.2, 0.25) is 0 Å². The van der Waals surface area contributed by atoms with E-state index in [0.29, 0.717) is 24.8 Å². The Bertz CT molecular complexity index is 389. The topological polar surface area (TPSA) is 80.4 Å². The summed E-state index contributed by atoms with van der Waals surface area (Å²) < 4.78 is 0. The van der Waals surface area contributed by atoms with Gasteiger partial charge in [-0.3, -0.25) is 14.9 Å². The normalized spacial score (nSPS) is 10.0. The first-order valence-corrected chi connectivity index (χ1v) is 5.05. The summed E-state index contributed by atoms with van der Waals surface area (Å²) in [6.45, 7) is 0. The zero-order valence-electron chi connectivity index (χ0n) is 8.76. The number of carboxylic acid groups (broad SMARTS) is 1. The number of hydrogen-bond donors (Lipinski definition) is 1. The van der Waals surface area contributed by atoms with E-state index in [1.165, 1.54) is 6.07 Å². The van der Waals surface area contributed by atoms with E-state index >= 15 is 0 Å². The molecule has 0 aliphatic rings. The fourth-order valence-corrected chi connectivity index (χ4v) is 1.49. The molecule has 0 atom stereocenters. The number of aliphatic carboxylic acids is 1. The lowest BCUT2D eigenvalue weighted by Crippen LogP contribution is -1.97. The van der Waals surface area contributed by atoms with Crippen molar-refractivity contribution in [2.75, 3.05) is 0 Å². The molecule has 16 heavy (non-hydrogen) atoms. The summed E-state index contributed by atoms with van der Waals surface area (Å²) in [6.07, 6.45) is 1.85. The van der Waals surface area contributed by atoms with Gasteiger partial charge in [-0.05, 0) is 19.3 Å². The summed E-state index contributed by atoms with van der Waals surface area (Å²) in [4.78, 5) is 20.5. The number of carbonyl (C=O) groups is 1. The number of unbranched alkanes of at least 4 members (excludes halogenated alkanes) is 1. The van der Waals surface area contributed by atoms with Crippen LogP contribution in [-0.2, 0) is 11.2 Å². The quantitative estimate of drug-likeness (QED) is 0.456. The van der Waals surface area contributed by atoms with Gasteiger partial charge in [0.1, 0.15) is 0 Å². The molecule has 0 aliphatic heterocycles. The van der Waals surface area contributed by atoms with Crippen molar-refractivity contribution in [3.8, 4) is 0 Å². The number of hydrogen-bond acceptors (Lipinski definition) is 3. The first-order valence-electron chi connectivity index (χ1n) is 5.05. The molecule has 0 bridgehead atoms. The second kappa shape index (κ2) is 5.85. The molecule has 0 aliphatic carbocycles. The third-order valence-corrected chi connectivity index (χ3v) is 2.28. The Morgan fingerprint density at radius 2 is 2.00 bits per heavy atom. The average molecular weight is 223 g/mol. The first kappa shape index (κ1) is 12.2. The number of carboxylic acids is 1. The summed E-state index contributed by atoms with van der Waals surface area (Å²) in [5.74, 6) is -0.831. The molecule has 0 amide bonds. The molecule has 5 heteroatoms. The van der Waals surface area contributed by atoms with Gasteiger partial charge in [0, 0.05) is 18.1 Å². The Morgan fingerprint density at radius 1 is 1.31 bits per heavy atom. The van der Waals surface area contributed by atoms with E-state index in [9.17, 15) is 14.9 Å². The van der Waals surface area contributed by atoms with Gasteiger partial charge in [-0.15, -0.1) is 0 Å². The monoisotopic (exact) mass is 223 g/mol. The zero-order valence-corrected chi connectivity index (χ0v) is 8.76. The minimum atomic E-state index is -0.831. The van der Waals surface area contributed by atoms with E-state index in [1.807, 2.05) is 0 Å². The fraction of sp³-hybridized carbons (Fsp3) is 0.364. The number of nitro groups is 1. The third-order valence-electron chi connectivity index (χ3n) is 2.28. The molecule has 0 saturated carbocycles. The van der Waals surface area contributed by atoms with Crippen LogP contribution >= 0.6 is 0 Å². The van der Waals surface area contributed by atoms with E-state index < -0.39 is 10.9 Å². The smallest absolute Gasteiger partial charge is 0.303 e. The molecule has 0 unspecified atom stereocenters. The van der Waals surface area contributed by atoms with Gasteiger partial charge in [0.05, 0.1) is 4.92 Å². The molecule has 1 aromatic carbocycles. The minimum absolute atomic E-state index is 0.109. The van der Waals surface area contributed by atoms with Crippen molar-refractivity contribution in [3.63, 3.8) is 0 Å². The third kappa shape index (κ3) is 3.68. The molecular formula is C11H13NO4. The van der Waals surface area contributed by atoms with E-state index in [2.05, 4.69) is 0 Å². The van der Waals surface area contributed by atoms with Crippen molar-refractivity contribution >= 4 is 11.7 Å². The van der Waals surface area contributed by atoms with Crippen LogP contribution in [0.4, 0.5) is 5.69 Å². The highest BCUT2D eigenvalue weighted by Gasteiger charge is 2.11. The van der Waals surface area contributed by atoms with Crippen molar-refractivity contribution in [1.29, 1.82) is 0 Å². The number of para-hydroxylation sites is 1. The summed E-state index contributed by atoms with van der Waals surface area (Å²) in [5.41, 5.74) is 0.774. The molecule has 0 heterocycles. The Labute approximate surface area is 92.9 Å². The molecule has 0 spiro atoms. The second-order valence-electron chi connectivity index (χ2n) is 3.49. The van der Waals surface area contributed by atoms with Crippen molar-refractivity contribution in [2.24, 2.45) is 0 Å². The Balaban J connectivity index is 2.53. The van der Waals surface area contributed by atoms with Crippen LogP contribution in [0.2, 0.25) is 0 Å². The number of nitro benzene ring substituents is 1. The van der Waals surface area contributed by atoms with Gasteiger partial charge in [0.25, 0.3) is 5.69 Å². The molecule has 0 saturated heterocycles. The van der Waals surface area contributed by atoms with Crippen molar-refractivity contribution in [2.45, 2.75) is 25.7 Å². The SMILES string of the molecule is O=C(O)CCCCc1ccccc1[N+](=O)[O-]. The summed E-state index contributed by atoms with van der Waals surface area (Å²) >= 11 is 0. The molecule has 0 fully saturated rings. The molecule has 0 radical (unpaired) electrons. The standard InChI is InChI=1S/C11H13NO4/c13-11(14)8-4-2-6-9-5-1-3-7-10(9)12(15)16/h1,3,5,7H,2,4,6,8H2,(H,13,14). The molecule has 5 nitrogen and oxygen atoms in total. The van der Waals surface area contributed by atoms with Crippen LogP contribution in [0, 0.1) is 10.1 Å². The second-order valence-corrected chi connectivity index (χ2v) is 3.49. The van der Waals surface area contributed by atoms with E-state index in [4.69, 9.17) is 5.11 Å². The van der Waals surface area contributed by atoms with E-state index in [-0.39, 0.29) is 12.1 Å². The lowest BCUT2D eigenvalue weighted by molar-refractivity contribution is -0.385. The van der Waals surface area contributed by atoms with Crippen LogP contribution in [-0.4, -0.2) is 16.0 Å². The van der Waals surface area contributed by atoms with Crippen LogP contribution < -0.4 is 0 Å². The van der Waals surface area contributed by atoms with Crippen LogP contribution in [0.15, 0.2) is 24.3 Å². The Kier molecular flexibility index (Phi) is 4.44. The maximum absolute atomic E-state index is 10.7. The molecule has 86 valence electrons. The Morgan fingerprint density at radius 3 is 2.62 bits per heavy atom. The predicted octanol–water partition coefficient (Wildman–Crippen LogP) is 2.39. The van der Waals surface area contributed by atoms with E-state index in [1.54, 1.807) is 18.2 Å². The lowest BCUT2D eigenvalue weighted by atomic mass is 10.1. The molecule has 1 aromatic rings. The van der Waals surface area contributed by atoms with Crippen molar-refractivity contribution < 1.29 is 14.8 Å². The maximum atomic E-state index is 10.7. The van der Waals surface area contributed by atoms with Crippen molar-refractivity contribution in [1.82, 2.24) is 0 Å². The van der Waals surface area contributed by atoms with Gasteiger partial charge in [-0.1, -0.05) is 18.2 Å². The van der Waals surface area contributed by atoms with Crippen LogP contribution in [0.1, 0.15) is 24.8 Å². The van der Waals surface area contributed by atoms with Gasteiger partial charge in [0.15, 0.2) is 0 Å². The fourth-order valence-electron chi connectivity index (χ4n) is 1.49. The summed E-state index contributed by atoms with van der Waals surface area (Å²) in [7, 11) is 0. The average Bonchev–Trinajstić information content (AvgIpc) is 2.24. The number of aryl methyl sites for hydroxylation is 1.